The fraction of sp³-hybridized carbons (Fsp3) is 0.500. The van der Waals surface area contributed by atoms with Crippen LogP contribution in [0.25, 0.3) is 0 Å². The molecule has 1 aromatic carbocycles. The summed E-state index contributed by atoms with van der Waals surface area (Å²) >= 11 is 0. The Kier molecular flexibility index (Phi) is 4.20. The predicted octanol–water partition coefficient (Wildman–Crippen LogP) is 2.08. The smallest absolute Gasteiger partial charge is 0.409 e. The number of carbonyl (C=O) groups excluding carboxylic acids is 1. The van der Waals surface area contributed by atoms with Gasteiger partial charge in [0, 0.05) is 6.42 Å². The number of carbonyl (C=O) groups is 1. The minimum absolute atomic E-state index is 0.0442. The molecule has 0 radical (unpaired) electrons. The number of nitrogens with zero attached hydrogens (tertiary/aromatic N) is 1. The zero-order valence-electron chi connectivity index (χ0n) is 10.8. The fourth-order valence-corrected chi connectivity index (χ4v) is 2.19. The van der Waals surface area contributed by atoms with Gasteiger partial charge in [0.1, 0.15) is 0 Å². The van der Waals surface area contributed by atoms with E-state index >= 15 is 0 Å². The van der Waals surface area contributed by atoms with Gasteiger partial charge >= 0.3 is 6.09 Å². The van der Waals surface area contributed by atoms with E-state index in [9.17, 15) is 4.79 Å². The van der Waals surface area contributed by atoms with Crippen molar-refractivity contribution in [1.29, 1.82) is 0 Å². The molecule has 1 amide bonds. The van der Waals surface area contributed by atoms with E-state index in [1.807, 2.05) is 25.1 Å². The lowest BCUT2D eigenvalue weighted by molar-refractivity contribution is -0.0505. The molecule has 1 heterocycles. The minimum Gasteiger partial charge on any atom is -0.453 e. The quantitative estimate of drug-likeness (QED) is 0.805. The first-order valence-corrected chi connectivity index (χ1v) is 6.21. The summed E-state index contributed by atoms with van der Waals surface area (Å²) in [6.07, 6.45) is 0.590. The van der Waals surface area contributed by atoms with Gasteiger partial charge < -0.3 is 14.4 Å². The Labute approximate surface area is 107 Å². The Hall–Kier alpha value is -1.55. The lowest BCUT2D eigenvalue weighted by atomic mass is 10.1. The van der Waals surface area contributed by atoms with Crippen molar-refractivity contribution in [2.75, 3.05) is 20.3 Å². The molecule has 18 heavy (non-hydrogen) atoms. The van der Waals surface area contributed by atoms with E-state index in [2.05, 4.69) is 12.1 Å². The van der Waals surface area contributed by atoms with Crippen LogP contribution in [0.1, 0.15) is 12.5 Å². The monoisotopic (exact) mass is 249 g/mol. The van der Waals surface area contributed by atoms with Gasteiger partial charge in [-0.3, -0.25) is 0 Å². The molecule has 4 heteroatoms. The first-order valence-electron chi connectivity index (χ1n) is 6.21. The highest BCUT2D eigenvalue weighted by atomic mass is 16.5. The molecule has 0 saturated carbocycles. The van der Waals surface area contributed by atoms with Crippen LogP contribution in [0, 0.1) is 0 Å². The largest absolute Gasteiger partial charge is 0.453 e. The third-order valence-corrected chi connectivity index (χ3v) is 3.22. The molecule has 1 aromatic rings. The second kappa shape index (κ2) is 5.87. The van der Waals surface area contributed by atoms with Crippen molar-refractivity contribution in [2.24, 2.45) is 0 Å². The van der Waals surface area contributed by atoms with Crippen LogP contribution in [-0.4, -0.2) is 43.4 Å². The topological polar surface area (TPSA) is 38.8 Å². The summed E-state index contributed by atoms with van der Waals surface area (Å²) in [7, 11) is 1.41. The zero-order valence-corrected chi connectivity index (χ0v) is 10.8. The number of methoxy groups -OCH3 is 1. The molecule has 0 aromatic heterocycles. The van der Waals surface area contributed by atoms with Crippen LogP contribution in [-0.2, 0) is 15.9 Å². The van der Waals surface area contributed by atoms with Gasteiger partial charge in [0.15, 0.2) is 0 Å². The van der Waals surface area contributed by atoms with E-state index in [1.165, 1.54) is 12.7 Å². The van der Waals surface area contributed by atoms with Crippen LogP contribution < -0.4 is 0 Å². The van der Waals surface area contributed by atoms with Gasteiger partial charge in [-0.2, -0.15) is 0 Å². The summed E-state index contributed by atoms with van der Waals surface area (Å²) in [4.78, 5) is 13.4. The third-order valence-electron chi connectivity index (χ3n) is 3.22. The molecule has 4 nitrogen and oxygen atoms in total. The Morgan fingerprint density at radius 3 is 2.83 bits per heavy atom. The average Bonchev–Trinajstić information content (AvgIpc) is 2.41. The minimum atomic E-state index is -0.274. The standard InChI is InChI=1S/C14H19NO3/c1-11-10-18-13(9-15(11)14(16)17-2)8-12-6-4-3-5-7-12/h3-7,11,13H,8-10H2,1-2H3. The van der Waals surface area contributed by atoms with Crippen LogP contribution in [0.3, 0.4) is 0 Å². The van der Waals surface area contributed by atoms with Gasteiger partial charge in [-0.25, -0.2) is 4.79 Å². The van der Waals surface area contributed by atoms with Gasteiger partial charge in [0.05, 0.1) is 32.4 Å². The van der Waals surface area contributed by atoms with Crippen LogP contribution in [0.15, 0.2) is 30.3 Å². The molecule has 98 valence electrons. The van der Waals surface area contributed by atoms with Crippen LogP contribution in [0.2, 0.25) is 0 Å². The second-order valence-electron chi connectivity index (χ2n) is 4.62. The second-order valence-corrected chi connectivity index (χ2v) is 4.62. The van der Waals surface area contributed by atoms with Crippen LogP contribution in [0.5, 0.6) is 0 Å². The molecular weight excluding hydrogens is 230 g/mol. The number of benzene rings is 1. The normalized spacial score (nSPS) is 23.8. The Bertz CT molecular complexity index is 393. The van der Waals surface area contributed by atoms with E-state index in [-0.39, 0.29) is 18.2 Å². The summed E-state index contributed by atoms with van der Waals surface area (Å²) < 4.78 is 10.6. The Balaban J connectivity index is 1.97. The molecule has 0 spiro atoms. The summed E-state index contributed by atoms with van der Waals surface area (Å²) in [6.45, 7) is 3.12. The Morgan fingerprint density at radius 1 is 1.44 bits per heavy atom. The van der Waals surface area contributed by atoms with Gasteiger partial charge in [-0.15, -0.1) is 0 Å². The van der Waals surface area contributed by atoms with Crippen molar-refractivity contribution in [2.45, 2.75) is 25.5 Å². The first kappa shape index (κ1) is 12.9. The van der Waals surface area contributed by atoms with Crippen LogP contribution >= 0.6 is 0 Å². The molecule has 0 aliphatic carbocycles. The highest BCUT2D eigenvalue weighted by molar-refractivity contribution is 5.68. The number of hydrogen-bond acceptors (Lipinski definition) is 3. The van der Waals surface area contributed by atoms with Crippen molar-refractivity contribution >= 4 is 6.09 Å². The van der Waals surface area contributed by atoms with E-state index in [4.69, 9.17) is 9.47 Å². The highest BCUT2D eigenvalue weighted by Gasteiger charge is 2.30. The highest BCUT2D eigenvalue weighted by Crippen LogP contribution is 2.16. The predicted molar refractivity (Wildman–Crippen MR) is 68.5 cm³/mol. The Morgan fingerprint density at radius 2 is 2.17 bits per heavy atom. The number of hydrogen-bond donors (Lipinski definition) is 0. The van der Waals surface area contributed by atoms with Crippen LogP contribution in [0.4, 0.5) is 4.79 Å². The summed E-state index contributed by atoms with van der Waals surface area (Å²) in [6, 6.07) is 10.2. The molecule has 0 N–H and O–H groups in total. The lowest BCUT2D eigenvalue weighted by Crippen LogP contribution is -2.51. The fourth-order valence-electron chi connectivity index (χ4n) is 2.19. The number of amides is 1. The van der Waals surface area contributed by atoms with E-state index in [0.29, 0.717) is 13.2 Å². The molecule has 0 bridgehead atoms. The molecule has 1 aliphatic rings. The van der Waals surface area contributed by atoms with Gasteiger partial charge in [0.25, 0.3) is 0 Å². The van der Waals surface area contributed by atoms with Gasteiger partial charge in [0.2, 0.25) is 0 Å². The van der Waals surface area contributed by atoms with Crippen molar-refractivity contribution in [3.8, 4) is 0 Å². The lowest BCUT2D eigenvalue weighted by Gasteiger charge is -2.37. The SMILES string of the molecule is COC(=O)N1CC(Cc2ccccc2)OCC1C. The maximum Gasteiger partial charge on any atom is 0.409 e. The van der Waals surface area contributed by atoms with Crippen molar-refractivity contribution in [3.63, 3.8) is 0 Å². The maximum absolute atomic E-state index is 11.6. The molecule has 2 rings (SSSR count). The molecule has 2 atom stereocenters. The van der Waals surface area contributed by atoms with Crippen molar-refractivity contribution in [3.05, 3.63) is 35.9 Å². The van der Waals surface area contributed by atoms with Gasteiger partial charge in [-0.05, 0) is 12.5 Å². The van der Waals surface area contributed by atoms with E-state index in [0.717, 1.165) is 6.42 Å². The number of morpholine rings is 1. The van der Waals surface area contributed by atoms with E-state index < -0.39 is 0 Å². The molecule has 1 fully saturated rings. The van der Waals surface area contributed by atoms with Crippen molar-refractivity contribution < 1.29 is 14.3 Å². The molecule has 1 saturated heterocycles. The first-order chi connectivity index (χ1) is 8.70. The van der Waals surface area contributed by atoms with E-state index in [1.54, 1.807) is 4.90 Å². The molecule has 2 unspecified atom stereocenters. The number of rotatable bonds is 2. The molecule has 1 aliphatic heterocycles. The summed E-state index contributed by atoms with van der Waals surface area (Å²) in [5, 5.41) is 0. The summed E-state index contributed by atoms with van der Waals surface area (Å²) in [5.74, 6) is 0. The maximum atomic E-state index is 11.6. The van der Waals surface area contributed by atoms with Crippen molar-refractivity contribution in [1.82, 2.24) is 4.90 Å². The average molecular weight is 249 g/mol. The molecular formula is C14H19NO3. The zero-order chi connectivity index (χ0) is 13.0. The number of ether oxygens (including phenoxy) is 2. The van der Waals surface area contributed by atoms with Gasteiger partial charge in [-0.1, -0.05) is 30.3 Å². The third kappa shape index (κ3) is 3.01. The summed E-state index contributed by atoms with van der Waals surface area (Å²) in [5.41, 5.74) is 1.22.